The molecule has 5 heteroatoms. The van der Waals surface area contributed by atoms with Gasteiger partial charge in [0.2, 0.25) is 0 Å². The number of amides is 1. The molecule has 0 N–H and O–H groups in total. The van der Waals surface area contributed by atoms with Crippen molar-refractivity contribution in [2.45, 2.75) is 51.7 Å². The fraction of sp³-hybridized carbons (Fsp3) is 0.632. The van der Waals surface area contributed by atoms with Crippen molar-refractivity contribution in [1.82, 2.24) is 9.80 Å². The zero-order chi connectivity index (χ0) is 17.1. The Kier molecular flexibility index (Phi) is 5.67. The number of aryl methyl sites for hydroxylation is 1. The summed E-state index contributed by atoms with van der Waals surface area (Å²) < 4.78 is 5.88. The van der Waals surface area contributed by atoms with E-state index in [9.17, 15) is 4.79 Å². The lowest BCUT2D eigenvalue weighted by atomic mass is 10.1. The van der Waals surface area contributed by atoms with Crippen LogP contribution in [0, 0.1) is 6.92 Å². The fourth-order valence-electron chi connectivity index (χ4n) is 3.82. The summed E-state index contributed by atoms with van der Waals surface area (Å²) in [4.78, 5) is 17.2. The summed E-state index contributed by atoms with van der Waals surface area (Å²) >= 11 is 5.97. The Bertz CT molecular complexity index is 579. The van der Waals surface area contributed by atoms with Crippen molar-refractivity contribution in [2.24, 2.45) is 0 Å². The molecule has 1 aliphatic carbocycles. The summed E-state index contributed by atoms with van der Waals surface area (Å²) in [6, 6.07) is 6.22. The van der Waals surface area contributed by atoms with Crippen LogP contribution in [0.5, 0.6) is 5.75 Å². The lowest BCUT2D eigenvalue weighted by Gasteiger charge is -2.38. The molecule has 1 atom stereocenters. The lowest BCUT2D eigenvalue weighted by molar-refractivity contribution is -0.140. The Morgan fingerprint density at radius 1 is 1.21 bits per heavy atom. The number of halogens is 1. The summed E-state index contributed by atoms with van der Waals surface area (Å²) in [6.45, 7) is 7.37. The molecule has 1 aromatic carbocycles. The highest BCUT2D eigenvalue weighted by atomic mass is 35.5. The molecule has 1 aliphatic heterocycles. The first-order valence-corrected chi connectivity index (χ1v) is 9.38. The van der Waals surface area contributed by atoms with E-state index in [-0.39, 0.29) is 5.91 Å². The van der Waals surface area contributed by atoms with Crippen molar-refractivity contribution in [3.8, 4) is 5.75 Å². The van der Waals surface area contributed by atoms with Gasteiger partial charge in [0.1, 0.15) is 5.75 Å². The summed E-state index contributed by atoms with van der Waals surface area (Å²) in [5, 5.41) is 0.682. The maximum atomic E-state index is 12.7. The third-order valence-electron chi connectivity index (χ3n) is 5.26. The molecule has 1 amide bonds. The van der Waals surface area contributed by atoms with Gasteiger partial charge in [-0.15, -0.1) is 0 Å². The van der Waals surface area contributed by atoms with Crippen LogP contribution >= 0.6 is 11.6 Å². The molecule has 1 saturated heterocycles. The zero-order valence-corrected chi connectivity index (χ0v) is 15.4. The van der Waals surface area contributed by atoms with E-state index in [0.29, 0.717) is 5.02 Å². The number of rotatable bonds is 4. The first kappa shape index (κ1) is 17.6. The number of carbonyl (C=O) groups excluding carboxylic acids is 1. The SMILES string of the molecule is Cc1cc(Cl)ccc1OC(C)C(=O)N1CCN(C2CCCC2)CC1. The molecule has 132 valence electrons. The number of benzene rings is 1. The molecule has 0 bridgehead atoms. The average Bonchev–Trinajstić information content (AvgIpc) is 3.11. The van der Waals surface area contributed by atoms with E-state index < -0.39 is 6.10 Å². The maximum Gasteiger partial charge on any atom is 0.263 e. The highest BCUT2D eigenvalue weighted by Gasteiger charge is 2.30. The summed E-state index contributed by atoms with van der Waals surface area (Å²) in [6.07, 6.45) is 4.89. The molecule has 1 unspecified atom stereocenters. The smallest absolute Gasteiger partial charge is 0.263 e. The van der Waals surface area contributed by atoms with Crippen LogP contribution in [0.1, 0.15) is 38.2 Å². The molecule has 2 aliphatic rings. The van der Waals surface area contributed by atoms with Gasteiger partial charge in [-0.2, -0.15) is 0 Å². The van der Waals surface area contributed by atoms with Crippen LogP contribution < -0.4 is 4.74 Å². The van der Waals surface area contributed by atoms with Crippen LogP contribution in [0.3, 0.4) is 0 Å². The van der Waals surface area contributed by atoms with Gasteiger partial charge in [0, 0.05) is 37.2 Å². The molecule has 24 heavy (non-hydrogen) atoms. The van der Waals surface area contributed by atoms with E-state index in [0.717, 1.165) is 43.5 Å². The van der Waals surface area contributed by atoms with Crippen LogP contribution in [-0.4, -0.2) is 54.0 Å². The fourth-order valence-corrected chi connectivity index (χ4v) is 4.05. The van der Waals surface area contributed by atoms with E-state index >= 15 is 0 Å². The Morgan fingerprint density at radius 3 is 2.50 bits per heavy atom. The van der Waals surface area contributed by atoms with Gasteiger partial charge in [-0.25, -0.2) is 0 Å². The van der Waals surface area contributed by atoms with E-state index in [1.165, 1.54) is 25.7 Å². The van der Waals surface area contributed by atoms with Crippen molar-refractivity contribution in [3.05, 3.63) is 28.8 Å². The van der Waals surface area contributed by atoms with Crippen LogP contribution in [-0.2, 0) is 4.79 Å². The molecule has 1 heterocycles. The van der Waals surface area contributed by atoms with Crippen LogP contribution in [0.15, 0.2) is 18.2 Å². The molecular weight excluding hydrogens is 324 g/mol. The third kappa shape index (κ3) is 4.04. The quantitative estimate of drug-likeness (QED) is 0.833. The zero-order valence-electron chi connectivity index (χ0n) is 14.6. The molecule has 2 fully saturated rings. The van der Waals surface area contributed by atoms with Gasteiger partial charge in [0.05, 0.1) is 0 Å². The predicted molar refractivity (Wildman–Crippen MR) is 96.7 cm³/mol. The monoisotopic (exact) mass is 350 g/mol. The van der Waals surface area contributed by atoms with Gasteiger partial charge in [-0.1, -0.05) is 24.4 Å². The minimum Gasteiger partial charge on any atom is -0.481 e. The lowest BCUT2D eigenvalue weighted by Crippen LogP contribution is -2.53. The molecular formula is C19H27ClN2O2. The first-order valence-electron chi connectivity index (χ1n) is 9.00. The van der Waals surface area contributed by atoms with E-state index in [1.54, 1.807) is 6.07 Å². The molecule has 1 saturated carbocycles. The average molecular weight is 351 g/mol. The summed E-state index contributed by atoms with van der Waals surface area (Å²) in [5.74, 6) is 0.806. The minimum absolute atomic E-state index is 0.0791. The topological polar surface area (TPSA) is 32.8 Å². The second-order valence-corrected chi connectivity index (χ2v) is 7.41. The number of nitrogens with zero attached hydrogens (tertiary/aromatic N) is 2. The maximum absolute atomic E-state index is 12.7. The van der Waals surface area contributed by atoms with Gasteiger partial charge in [0.25, 0.3) is 5.91 Å². The normalized spacial score (nSPS) is 21.0. The highest BCUT2D eigenvalue weighted by molar-refractivity contribution is 6.30. The summed E-state index contributed by atoms with van der Waals surface area (Å²) in [5.41, 5.74) is 0.952. The van der Waals surface area contributed by atoms with Crippen molar-refractivity contribution < 1.29 is 9.53 Å². The van der Waals surface area contributed by atoms with Gasteiger partial charge in [-0.05, 0) is 50.5 Å². The van der Waals surface area contributed by atoms with Gasteiger partial charge < -0.3 is 9.64 Å². The van der Waals surface area contributed by atoms with Crippen LogP contribution in [0.2, 0.25) is 5.02 Å². The Labute approximate surface area is 149 Å². The molecule has 0 aromatic heterocycles. The number of piperazine rings is 1. The molecule has 0 spiro atoms. The van der Waals surface area contributed by atoms with Crippen molar-refractivity contribution >= 4 is 17.5 Å². The number of hydrogen-bond donors (Lipinski definition) is 0. The van der Waals surface area contributed by atoms with Crippen molar-refractivity contribution in [1.29, 1.82) is 0 Å². The first-order chi connectivity index (χ1) is 11.5. The summed E-state index contributed by atoms with van der Waals surface area (Å²) in [7, 11) is 0. The van der Waals surface area contributed by atoms with Gasteiger partial charge in [-0.3, -0.25) is 9.69 Å². The number of hydrogen-bond acceptors (Lipinski definition) is 3. The van der Waals surface area contributed by atoms with Gasteiger partial charge >= 0.3 is 0 Å². The highest BCUT2D eigenvalue weighted by Crippen LogP contribution is 2.25. The Balaban J connectivity index is 1.52. The number of carbonyl (C=O) groups is 1. The standard InChI is InChI=1S/C19H27ClN2O2/c1-14-13-16(20)7-8-18(14)24-15(2)19(23)22-11-9-21(10-12-22)17-5-3-4-6-17/h7-8,13,15,17H,3-6,9-12H2,1-2H3. The van der Waals surface area contributed by atoms with Crippen LogP contribution in [0.25, 0.3) is 0 Å². The molecule has 4 nitrogen and oxygen atoms in total. The van der Waals surface area contributed by atoms with Gasteiger partial charge in [0.15, 0.2) is 6.10 Å². The molecule has 3 rings (SSSR count). The van der Waals surface area contributed by atoms with E-state index in [1.807, 2.05) is 30.9 Å². The van der Waals surface area contributed by atoms with E-state index in [4.69, 9.17) is 16.3 Å². The third-order valence-corrected chi connectivity index (χ3v) is 5.49. The number of ether oxygens (including phenoxy) is 1. The molecule has 0 radical (unpaired) electrons. The van der Waals surface area contributed by atoms with Crippen molar-refractivity contribution in [2.75, 3.05) is 26.2 Å². The van der Waals surface area contributed by atoms with Crippen LogP contribution in [0.4, 0.5) is 0 Å². The Hall–Kier alpha value is -1.26. The minimum atomic E-state index is -0.470. The van der Waals surface area contributed by atoms with Crippen molar-refractivity contribution in [3.63, 3.8) is 0 Å². The Morgan fingerprint density at radius 2 is 1.88 bits per heavy atom. The van der Waals surface area contributed by atoms with E-state index in [2.05, 4.69) is 4.90 Å². The second-order valence-electron chi connectivity index (χ2n) is 6.97. The second kappa shape index (κ2) is 7.75. The predicted octanol–water partition coefficient (Wildman–Crippen LogP) is 3.50. The largest absolute Gasteiger partial charge is 0.481 e. The molecule has 1 aromatic rings.